The molecule has 1 aromatic carbocycles. The zero-order chi connectivity index (χ0) is 14.9. The first kappa shape index (κ1) is 15.9. The first-order chi connectivity index (χ1) is 9.41. The van der Waals surface area contributed by atoms with Crippen LogP contribution in [0.25, 0.3) is 0 Å². The Balaban J connectivity index is 2.44. The van der Waals surface area contributed by atoms with Gasteiger partial charge in [-0.2, -0.15) is 4.31 Å². The topological polar surface area (TPSA) is 63.4 Å². The van der Waals surface area contributed by atoms with Gasteiger partial charge >= 0.3 is 0 Å². The summed E-state index contributed by atoms with van der Waals surface area (Å²) in [6.07, 6.45) is 2.72. The smallest absolute Gasteiger partial charge is 0.244 e. The van der Waals surface area contributed by atoms with Gasteiger partial charge in [0.25, 0.3) is 0 Å². The van der Waals surface area contributed by atoms with Crippen molar-refractivity contribution in [1.82, 2.24) is 4.31 Å². The van der Waals surface area contributed by atoms with Crippen LogP contribution < -0.4 is 5.73 Å². The molecule has 6 heteroatoms. The minimum Gasteiger partial charge on any atom is -0.326 e. The van der Waals surface area contributed by atoms with Crippen molar-refractivity contribution in [3.05, 3.63) is 28.2 Å². The molecule has 0 amide bonds. The molecule has 2 rings (SSSR count). The van der Waals surface area contributed by atoms with Crippen molar-refractivity contribution in [2.75, 3.05) is 0 Å². The SMILES string of the molecule is CCC1CCC(C)N1S(=O)(=O)c1ccc(CN)cc1Br. The Labute approximate surface area is 129 Å². The third-order valence-corrected chi connectivity index (χ3v) is 7.01. The van der Waals surface area contributed by atoms with Gasteiger partial charge in [-0.15, -0.1) is 0 Å². The lowest BCUT2D eigenvalue weighted by Gasteiger charge is -2.27. The van der Waals surface area contributed by atoms with Crippen molar-refractivity contribution >= 4 is 26.0 Å². The van der Waals surface area contributed by atoms with Crippen LogP contribution >= 0.6 is 15.9 Å². The van der Waals surface area contributed by atoms with Crippen molar-refractivity contribution in [2.24, 2.45) is 5.73 Å². The second-order valence-corrected chi connectivity index (χ2v) is 7.96. The number of benzene rings is 1. The van der Waals surface area contributed by atoms with E-state index < -0.39 is 10.0 Å². The molecule has 4 nitrogen and oxygen atoms in total. The molecular weight excluding hydrogens is 340 g/mol. The molecule has 0 aromatic heterocycles. The van der Waals surface area contributed by atoms with Crippen LogP contribution in [0.15, 0.2) is 27.6 Å². The fourth-order valence-electron chi connectivity index (χ4n) is 2.86. The Bertz CT molecular complexity index is 589. The van der Waals surface area contributed by atoms with E-state index in [9.17, 15) is 8.42 Å². The standard InChI is InChI=1S/C14H21BrN2O2S/c1-3-12-6-4-10(2)17(12)20(18,19)14-7-5-11(9-16)8-13(14)15/h5,7-8,10,12H,3-4,6,9,16H2,1-2H3. The van der Waals surface area contributed by atoms with Crippen molar-refractivity contribution in [3.63, 3.8) is 0 Å². The molecule has 0 radical (unpaired) electrons. The molecule has 2 unspecified atom stereocenters. The molecule has 2 atom stereocenters. The average molecular weight is 361 g/mol. The second kappa shape index (κ2) is 6.13. The zero-order valence-electron chi connectivity index (χ0n) is 11.8. The van der Waals surface area contributed by atoms with Crippen molar-refractivity contribution in [3.8, 4) is 0 Å². The summed E-state index contributed by atoms with van der Waals surface area (Å²) in [7, 11) is -3.46. The zero-order valence-corrected chi connectivity index (χ0v) is 14.2. The Morgan fingerprint density at radius 2 is 2.10 bits per heavy atom. The van der Waals surface area contributed by atoms with Crippen LogP contribution in [-0.2, 0) is 16.6 Å². The van der Waals surface area contributed by atoms with Gasteiger partial charge < -0.3 is 5.73 Å². The third kappa shape index (κ3) is 2.79. The van der Waals surface area contributed by atoms with Crippen LogP contribution in [0.5, 0.6) is 0 Å². The van der Waals surface area contributed by atoms with E-state index in [-0.39, 0.29) is 12.1 Å². The summed E-state index contributed by atoms with van der Waals surface area (Å²) < 4.78 is 28.1. The fourth-order valence-corrected chi connectivity index (χ4v) is 5.90. The van der Waals surface area contributed by atoms with Gasteiger partial charge in [-0.25, -0.2) is 8.42 Å². The van der Waals surface area contributed by atoms with Crippen LogP contribution in [0.3, 0.4) is 0 Å². The average Bonchev–Trinajstić information content (AvgIpc) is 2.80. The number of halogens is 1. The highest BCUT2D eigenvalue weighted by atomic mass is 79.9. The molecule has 0 spiro atoms. The van der Waals surface area contributed by atoms with E-state index in [0.29, 0.717) is 15.9 Å². The number of hydrogen-bond donors (Lipinski definition) is 1. The number of rotatable bonds is 4. The van der Waals surface area contributed by atoms with E-state index in [1.165, 1.54) is 0 Å². The molecule has 20 heavy (non-hydrogen) atoms. The first-order valence-corrected chi connectivity index (χ1v) is 9.17. The Kier molecular flexibility index (Phi) is 4.89. The summed E-state index contributed by atoms with van der Waals surface area (Å²) >= 11 is 3.37. The Hall–Kier alpha value is -0.430. The Morgan fingerprint density at radius 3 is 2.65 bits per heavy atom. The molecule has 1 aliphatic rings. The maximum Gasteiger partial charge on any atom is 0.244 e. The molecule has 1 aromatic rings. The lowest BCUT2D eigenvalue weighted by atomic mass is 10.2. The van der Waals surface area contributed by atoms with Crippen molar-refractivity contribution in [1.29, 1.82) is 0 Å². The van der Waals surface area contributed by atoms with Gasteiger partial charge in [-0.1, -0.05) is 13.0 Å². The molecule has 2 N–H and O–H groups in total. The summed E-state index contributed by atoms with van der Waals surface area (Å²) in [5.74, 6) is 0. The minimum atomic E-state index is -3.46. The molecule has 112 valence electrons. The van der Waals surface area contributed by atoms with E-state index in [0.717, 1.165) is 24.8 Å². The molecule has 0 saturated carbocycles. The van der Waals surface area contributed by atoms with Gasteiger partial charge in [0.1, 0.15) is 0 Å². The van der Waals surface area contributed by atoms with Crippen LogP contribution in [0.4, 0.5) is 0 Å². The first-order valence-electron chi connectivity index (χ1n) is 6.93. The largest absolute Gasteiger partial charge is 0.326 e. The van der Waals surface area contributed by atoms with Crippen LogP contribution in [-0.4, -0.2) is 24.8 Å². The molecule has 1 aliphatic heterocycles. The van der Waals surface area contributed by atoms with Crippen LogP contribution in [0, 0.1) is 0 Å². The summed E-state index contributed by atoms with van der Waals surface area (Å²) in [5.41, 5.74) is 6.50. The quantitative estimate of drug-likeness (QED) is 0.897. The molecule has 1 fully saturated rings. The monoisotopic (exact) mass is 360 g/mol. The number of sulfonamides is 1. The second-order valence-electron chi connectivity index (χ2n) is 5.29. The molecule has 0 aliphatic carbocycles. The summed E-state index contributed by atoms with van der Waals surface area (Å²) in [5, 5.41) is 0. The van der Waals surface area contributed by atoms with Gasteiger partial charge in [0.15, 0.2) is 0 Å². The molecule has 1 heterocycles. The van der Waals surface area contributed by atoms with Gasteiger partial charge in [-0.3, -0.25) is 0 Å². The lowest BCUT2D eigenvalue weighted by molar-refractivity contribution is 0.328. The maximum atomic E-state index is 12.9. The van der Waals surface area contributed by atoms with Gasteiger partial charge in [0.05, 0.1) is 4.90 Å². The van der Waals surface area contributed by atoms with E-state index >= 15 is 0 Å². The Morgan fingerprint density at radius 1 is 1.40 bits per heavy atom. The summed E-state index contributed by atoms with van der Waals surface area (Å²) in [6.45, 7) is 4.42. The van der Waals surface area contributed by atoms with Crippen molar-refractivity contribution < 1.29 is 8.42 Å². The normalized spacial score (nSPS) is 24.2. The minimum absolute atomic E-state index is 0.0611. The van der Waals surface area contributed by atoms with Crippen LogP contribution in [0.1, 0.15) is 38.7 Å². The predicted molar refractivity (Wildman–Crippen MR) is 83.8 cm³/mol. The van der Waals surface area contributed by atoms with E-state index in [4.69, 9.17) is 5.73 Å². The van der Waals surface area contributed by atoms with Gasteiger partial charge in [0.2, 0.25) is 10.0 Å². The number of hydrogen-bond acceptors (Lipinski definition) is 3. The summed E-state index contributed by atoms with van der Waals surface area (Å²) in [6, 6.07) is 5.38. The van der Waals surface area contributed by atoms with E-state index in [1.807, 2.05) is 13.8 Å². The lowest BCUT2D eigenvalue weighted by Crippen LogP contribution is -2.39. The van der Waals surface area contributed by atoms with E-state index in [1.54, 1.807) is 22.5 Å². The fraction of sp³-hybridized carbons (Fsp3) is 0.571. The highest BCUT2D eigenvalue weighted by Gasteiger charge is 2.39. The predicted octanol–water partition coefficient (Wildman–Crippen LogP) is 2.86. The molecule has 1 saturated heterocycles. The van der Waals surface area contributed by atoms with E-state index in [2.05, 4.69) is 15.9 Å². The molecule has 0 bridgehead atoms. The number of nitrogens with zero attached hydrogens (tertiary/aromatic N) is 1. The van der Waals surface area contributed by atoms with Crippen molar-refractivity contribution in [2.45, 2.75) is 56.6 Å². The number of nitrogens with two attached hydrogens (primary N) is 1. The van der Waals surface area contributed by atoms with Gasteiger partial charge in [-0.05, 0) is 59.8 Å². The highest BCUT2D eigenvalue weighted by molar-refractivity contribution is 9.10. The maximum absolute atomic E-state index is 12.9. The third-order valence-electron chi connectivity index (χ3n) is 3.97. The van der Waals surface area contributed by atoms with Gasteiger partial charge in [0, 0.05) is 23.1 Å². The molecular formula is C14H21BrN2O2S. The van der Waals surface area contributed by atoms with Crippen LogP contribution in [0.2, 0.25) is 0 Å². The highest BCUT2D eigenvalue weighted by Crippen LogP contribution is 2.35. The summed E-state index contributed by atoms with van der Waals surface area (Å²) in [4.78, 5) is 0.335.